The van der Waals surface area contributed by atoms with E-state index in [0.29, 0.717) is 6.07 Å². The van der Waals surface area contributed by atoms with Gasteiger partial charge >= 0.3 is 5.97 Å². The molecule has 14 heavy (non-hydrogen) atoms. The lowest BCUT2D eigenvalue weighted by Gasteiger charge is -2.01. The van der Waals surface area contributed by atoms with Crippen LogP contribution in [0.4, 0.5) is 8.78 Å². The van der Waals surface area contributed by atoms with Crippen LogP contribution >= 0.6 is 0 Å². The Morgan fingerprint density at radius 3 is 2.57 bits per heavy atom. The van der Waals surface area contributed by atoms with Crippen LogP contribution in [0.2, 0.25) is 0 Å². The molecule has 0 aliphatic carbocycles. The highest BCUT2D eigenvalue weighted by Crippen LogP contribution is 2.18. The molecule has 1 rings (SSSR count). The van der Waals surface area contributed by atoms with Crippen LogP contribution in [0.15, 0.2) is 24.3 Å². The van der Waals surface area contributed by atoms with Gasteiger partial charge in [-0.25, -0.2) is 13.6 Å². The van der Waals surface area contributed by atoms with E-state index in [0.717, 1.165) is 12.1 Å². The number of carboxylic acids is 1. The van der Waals surface area contributed by atoms with Crippen molar-refractivity contribution in [1.29, 1.82) is 0 Å². The summed E-state index contributed by atoms with van der Waals surface area (Å²) in [6.07, 6.45) is 0.871. The van der Waals surface area contributed by atoms with Crippen molar-refractivity contribution in [3.8, 4) is 0 Å². The summed E-state index contributed by atoms with van der Waals surface area (Å²) in [4.78, 5) is 10.3. The first-order valence-electron chi connectivity index (χ1n) is 3.87. The summed E-state index contributed by atoms with van der Waals surface area (Å²) in [5.41, 5.74) is 0.337. The number of carboxylic acid groups (broad SMARTS) is 1. The van der Waals surface area contributed by atoms with Crippen LogP contribution in [-0.2, 0) is 4.79 Å². The molecule has 1 aromatic carbocycles. The zero-order valence-electron chi connectivity index (χ0n) is 7.42. The Balaban J connectivity index is 3.14. The number of benzene rings is 1. The number of rotatable bonds is 2. The molecule has 74 valence electrons. The second-order valence-electron chi connectivity index (χ2n) is 2.79. The van der Waals surface area contributed by atoms with Crippen LogP contribution in [0.3, 0.4) is 0 Å². The van der Waals surface area contributed by atoms with Gasteiger partial charge in [0, 0.05) is 17.7 Å². The summed E-state index contributed by atoms with van der Waals surface area (Å²) in [7, 11) is 0. The quantitative estimate of drug-likeness (QED) is 0.741. The number of halogens is 2. The lowest BCUT2D eigenvalue weighted by atomic mass is 10.1. The van der Waals surface area contributed by atoms with Gasteiger partial charge in [-0.1, -0.05) is 0 Å². The minimum atomic E-state index is -1.16. The molecule has 0 spiro atoms. The smallest absolute Gasteiger partial charge is 0.328 e. The molecule has 1 aromatic rings. The Hall–Kier alpha value is -1.71. The predicted molar refractivity (Wildman–Crippen MR) is 47.6 cm³/mol. The first-order valence-corrected chi connectivity index (χ1v) is 3.87. The molecule has 1 N–H and O–H groups in total. The fraction of sp³-hybridized carbons (Fsp3) is 0.100. The molecule has 0 bridgehead atoms. The number of allylic oxidation sites excluding steroid dienone is 1. The van der Waals surface area contributed by atoms with Gasteiger partial charge in [-0.15, -0.1) is 0 Å². The maximum Gasteiger partial charge on any atom is 0.328 e. The molecule has 0 aliphatic heterocycles. The average molecular weight is 198 g/mol. The third kappa shape index (κ3) is 2.39. The maximum atomic E-state index is 13.1. The van der Waals surface area contributed by atoms with Gasteiger partial charge in [-0.3, -0.25) is 0 Å². The fourth-order valence-corrected chi connectivity index (χ4v) is 1.07. The predicted octanol–water partition coefficient (Wildman–Crippen LogP) is 2.45. The van der Waals surface area contributed by atoms with Gasteiger partial charge in [-0.05, 0) is 24.6 Å². The van der Waals surface area contributed by atoms with E-state index in [9.17, 15) is 13.6 Å². The van der Waals surface area contributed by atoms with E-state index in [2.05, 4.69) is 0 Å². The third-order valence-corrected chi connectivity index (χ3v) is 1.70. The number of aliphatic carboxylic acids is 1. The maximum absolute atomic E-state index is 13.1. The fourth-order valence-electron chi connectivity index (χ4n) is 1.07. The van der Waals surface area contributed by atoms with E-state index in [1.165, 1.54) is 13.0 Å². The summed E-state index contributed by atoms with van der Waals surface area (Å²) in [6, 6.07) is 3.01. The van der Waals surface area contributed by atoms with Gasteiger partial charge in [0.15, 0.2) is 0 Å². The van der Waals surface area contributed by atoms with Gasteiger partial charge < -0.3 is 5.11 Å². The van der Waals surface area contributed by atoms with E-state index in [4.69, 9.17) is 5.11 Å². The normalized spacial score (nSPS) is 11.5. The van der Waals surface area contributed by atoms with Gasteiger partial charge in [0.25, 0.3) is 0 Å². The minimum Gasteiger partial charge on any atom is -0.478 e. The Bertz CT molecular complexity index is 397. The lowest BCUT2D eigenvalue weighted by Crippen LogP contribution is -1.93. The van der Waals surface area contributed by atoms with E-state index in [1.54, 1.807) is 0 Å². The Morgan fingerprint density at radius 1 is 1.43 bits per heavy atom. The van der Waals surface area contributed by atoms with E-state index < -0.39 is 17.6 Å². The summed E-state index contributed by atoms with van der Waals surface area (Å²) < 4.78 is 25.6. The Labute approximate surface area is 79.5 Å². The molecule has 0 amide bonds. The van der Waals surface area contributed by atoms with Gasteiger partial charge in [0.1, 0.15) is 11.6 Å². The van der Waals surface area contributed by atoms with Gasteiger partial charge in [0.2, 0.25) is 0 Å². The van der Waals surface area contributed by atoms with Crippen molar-refractivity contribution < 1.29 is 18.7 Å². The van der Waals surface area contributed by atoms with Crippen molar-refractivity contribution in [2.24, 2.45) is 0 Å². The van der Waals surface area contributed by atoms with Crippen LogP contribution in [0.25, 0.3) is 5.57 Å². The molecule has 0 aromatic heterocycles. The SMILES string of the molecule is CC(=CC(=O)O)c1ccc(F)cc1F. The highest BCUT2D eigenvalue weighted by molar-refractivity contribution is 5.89. The summed E-state index contributed by atoms with van der Waals surface area (Å²) in [5, 5.41) is 8.42. The molecule has 0 unspecified atom stereocenters. The van der Waals surface area contributed by atoms with E-state index in [1.807, 2.05) is 0 Å². The number of carbonyl (C=O) groups is 1. The van der Waals surface area contributed by atoms with Crippen LogP contribution < -0.4 is 0 Å². The van der Waals surface area contributed by atoms with Crippen molar-refractivity contribution in [1.82, 2.24) is 0 Å². The summed E-state index contributed by atoms with van der Waals surface area (Å²) >= 11 is 0. The lowest BCUT2D eigenvalue weighted by molar-refractivity contribution is -0.131. The second-order valence-corrected chi connectivity index (χ2v) is 2.79. The molecule has 0 radical (unpaired) electrons. The molecule has 2 nitrogen and oxygen atoms in total. The highest BCUT2D eigenvalue weighted by atomic mass is 19.1. The van der Waals surface area contributed by atoms with Crippen molar-refractivity contribution in [2.45, 2.75) is 6.92 Å². The number of hydrogen-bond acceptors (Lipinski definition) is 1. The van der Waals surface area contributed by atoms with Crippen molar-refractivity contribution in [3.63, 3.8) is 0 Å². The molecular formula is C10H8F2O2. The van der Waals surface area contributed by atoms with Gasteiger partial charge in [0.05, 0.1) is 0 Å². The monoisotopic (exact) mass is 198 g/mol. The van der Waals surface area contributed by atoms with E-state index in [-0.39, 0.29) is 11.1 Å². The topological polar surface area (TPSA) is 37.3 Å². The summed E-state index contributed by atoms with van der Waals surface area (Å²) in [6.45, 7) is 1.45. The van der Waals surface area contributed by atoms with Crippen molar-refractivity contribution >= 4 is 11.5 Å². The molecule has 4 heteroatoms. The van der Waals surface area contributed by atoms with Crippen LogP contribution in [-0.4, -0.2) is 11.1 Å². The molecule has 0 aliphatic rings. The Kier molecular flexibility index (Phi) is 2.96. The molecule has 0 saturated carbocycles. The molecule has 0 saturated heterocycles. The largest absolute Gasteiger partial charge is 0.478 e. The third-order valence-electron chi connectivity index (χ3n) is 1.70. The highest BCUT2D eigenvalue weighted by Gasteiger charge is 2.06. The first kappa shape index (κ1) is 10.4. The van der Waals surface area contributed by atoms with Crippen LogP contribution in [0.1, 0.15) is 12.5 Å². The Morgan fingerprint density at radius 2 is 2.07 bits per heavy atom. The molecule has 0 heterocycles. The van der Waals surface area contributed by atoms with Crippen LogP contribution in [0, 0.1) is 11.6 Å². The van der Waals surface area contributed by atoms with Gasteiger partial charge in [-0.2, -0.15) is 0 Å². The molecular weight excluding hydrogens is 190 g/mol. The average Bonchev–Trinajstić information content (AvgIpc) is 2.01. The van der Waals surface area contributed by atoms with Crippen LogP contribution in [0.5, 0.6) is 0 Å². The van der Waals surface area contributed by atoms with E-state index >= 15 is 0 Å². The molecule has 0 fully saturated rings. The minimum absolute atomic E-state index is 0.0915. The zero-order valence-corrected chi connectivity index (χ0v) is 7.42. The number of hydrogen-bond donors (Lipinski definition) is 1. The summed E-state index contributed by atoms with van der Waals surface area (Å²) in [5.74, 6) is -2.61. The standard InChI is InChI=1S/C10H8F2O2/c1-6(4-10(13)14)8-3-2-7(11)5-9(8)12/h2-5H,1H3,(H,13,14). The second kappa shape index (κ2) is 4.00. The van der Waals surface area contributed by atoms with Crippen molar-refractivity contribution in [3.05, 3.63) is 41.5 Å². The first-order chi connectivity index (χ1) is 6.50. The van der Waals surface area contributed by atoms with Crippen molar-refractivity contribution in [2.75, 3.05) is 0 Å². The molecule has 0 atom stereocenters. The zero-order chi connectivity index (χ0) is 10.7.